The molecule has 0 saturated heterocycles. The van der Waals surface area contributed by atoms with Gasteiger partial charge >= 0.3 is 0 Å². The zero-order valence-corrected chi connectivity index (χ0v) is 12.0. The molecule has 0 saturated carbocycles. The van der Waals surface area contributed by atoms with E-state index in [1.807, 2.05) is 0 Å². The zero-order chi connectivity index (χ0) is 13.9. The Balaban J connectivity index is 1.76. The van der Waals surface area contributed by atoms with Crippen LogP contribution in [0.25, 0.3) is 0 Å². The van der Waals surface area contributed by atoms with Crippen LogP contribution in [-0.2, 0) is 12.8 Å². The normalized spacial score (nSPS) is 14.4. The van der Waals surface area contributed by atoms with Gasteiger partial charge in [-0.05, 0) is 43.9 Å². The van der Waals surface area contributed by atoms with Crippen molar-refractivity contribution in [3.63, 3.8) is 0 Å². The topological polar surface area (TPSA) is 68.0 Å². The number of benzene rings is 1. The van der Waals surface area contributed by atoms with Crippen LogP contribution < -0.4 is 11.1 Å². The number of carbonyl (C=O) groups is 1. The second-order valence-corrected chi connectivity index (χ2v) is 6.11. The fourth-order valence-electron chi connectivity index (χ4n) is 2.43. The summed E-state index contributed by atoms with van der Waals surface area (Å²) >= 11 is 1.60. The smallest absolute Gasteiger partial charge is 0.257 e. The molecule has 1 aliphatic carbocycles. The van der Waals surface area contributed by atoms with E-state index in [9.17, 15) is 4.79 Å². The number of hydrogen-bond acceptors (Lipinski definition) is 4. The van der Waals surface area contributed by atoms with Crippen molar-refractivity contribution in [1.29, 1.82) is 0 Å². The van der Waals surface area contributed by atoms with Crippen molar-refractivity contribution in [1.82, 2.24) is 4.98 Å². The maximum Gasteiger partial charge on any atom is 0.257 e. The van der Waals surface area contributed by atoms with E-state index < -0.39 is 0 Å². The molecule has 2 aromatic rings. The van der Waals surface area contributed by atoms with Crippen molar-refractivity contribution in [3.8, 4) is 0 Å². The molecule has 4 nitrogen and oxygen atoms in total. The minimum atomic E-state index is -0.152. The van der Waals surface area contributed by atoms with Gasteiger partial charge in [-0.2, -0.15) is 0 Å². The van der Waals surface area contributed by atoms with Crippen LogP contribution in [0.1, 0.15) is 40.2 Å². The lowest BCUT2D eigenvalue weighted by Crippen LogP contribution is -2.12. The minimum Gasteiger partial charge on any atom is -0.399 e. The van der Waals surface area contributed by atoms with E-state index in [0.717, 1.165) is 18.5 Å². The molecule has 1 aromatic carbocycles. The fraction of sp³-hybridized carbons (Fsp3) is 0.333. The van der Waals surface area contributed by atoms with Gasteiger partial charge in [-0.3, -0.25) is 10.1 Å². The Kier molecular flexibility index (Phi) is 3.69. The van der Waals surface area contributed by atoms with Crippen LogP contribution in [0.2, 0.25) is 0 Å². The second-order valence-electron chi connectivity index (χ2n) is 5.03. The third-order valence-electron chi connectivity index (χ3n) is 3.46. The quantitative estimate of drug-likeness (QED) is 0.658. The Morgan fingerprint density at radius 2 is 2.10 bits per heavy atom. The number of rotatable bonds is 2. The third kappa shape index (κ3) is 2.82. The van der Waals surface area contributed by atoms with Crippen LogP contribution in [0, 0.1) is 0 Å². The van der Waals surface area contributed by atoms with E-state index in [1.165, 1.54) is 24.1 Å². The van der Waals surface area contributed by atoms with Crippen molar-refractivity contribution in [2.45, 2.75) is 32.1 Å². The Morgan fingerprint density at radius 3 is 2.95 bits per heavy atom. The van der Waals surface area contributed by atoms with Gasteiger partial charge in [-0.15, -0.1) is 11.3 Å². The standard InChI is InChI=1S/C15H17N3OS/c16-11-6-4-5-10(9-11)14(19)18-15-17-12-7-2-1-3-8-13(12)20-15/h4-6,9H,1-3,7-8,16H2,(H,17,18,19). The van der Waals surface area contributed by atoms with E-state index in [0.29, 0.717) is 16.4 Å². The zero-order valence-electron chi connectivity index (χ0n) is 11.2. The maximum atomic E-state index is 12.1. The number of nitrogens with one attached hydrogen (secondary N) is 1. The van der Waals surface area contributed by atoms with Crippen molar-refractivity contribution >= 4 is 28.1 Å². The molecular weight excluding hydrogens is 270 g/mol. The van der Waals surface area contributed by atoms with Gasteiger partial charge in [0.05, 0.1) is 5.69 Å². The third-order valence-corrected chi connectivity index (χ3v) is 4.54. The minimum absolute atomic E-state index is 0.152. The molecule has 0 radical (unpaired) electrons. The first-order valence-electron chi connectivity index (χ1n) is 6.88. The van der Waals surface area contributed by atoms with E-state index in [-0.39, 0.29) is 5.91 Å². The number of aromatic nitrogens is 1. The molecule has 0 bridgehead atoms. The summed E-state index contributed by atoms with van der Waals surface area (Å²) in [5.41, 5.74) is 8.01. The Bertz CT molecular complexity index is 612. The molecule has 20 heavy (non-hydrogen) atoms. The van der Waals surface area contributed by atoms with Gasteiger partial charge in [0.15, 0.2) is 5.13 Å². The highest BCUT2D eigenvalue weighted by atomic mass is 32.1. The lowest BCUT2D eigenvalue weighted by atomic mass is 10.2. The molecule has 3 rings (SSSR count). The highest BCUT2D eigenvalue weighted by Crippen LogP contribution is 2.29. The predicted octanol–water partition coefficient (Wildman–Crippen LogP) is 3.25. The van der Waals surface area contributed by atoms with Crippen molar-refractivity contribution < 1.29 is 4.79 Å². The summed E-state index contributed by atoms with van der Waals surface area (Å²) in [6, 6.07) is 6.97. The van der Waals surface area contributed by atoms with Crippen LogP contribution in [0.4, 0.5) is 10.8 Å². The first-order chi connectivity index (χ1) is 9.72. The molecule has 0 spiro atoms. The molecule has 5 heteroatoms. The van der Waals surface area contributed by atoms with Crippen molar-refractivity contribution in [2.75, 3.05) is 11.1 Å². The van der Waals surface area contributed by atoms with Gasteiger partial charge in [0.2, 0.25) is 0 Å². The summed E-state index contributed by atoms with van der Waals surface area (Å²) in [5.74, 6) is -0.152. The van der Waals surface area contributed by atoms with E-state index in [2.05, 4.69) is 10.3 Å². The van der Waals surface area contributed by atoms with E-state index in [1.54, 1.807) is 35.6 Å². The number of carbonyl (C=O) groups excluding carboxylic acids is 1. The van der Waals surface area contributed by atoms with Gasteiger partial charge in [0.25, 0.3) is 5.91 Å². The summed E-state index contributed by atoms with van der Waals surface area (Å²) < 4.78 is 0. The number of nitrogens with two attached hydrogens (primary N) is 1. The fourth-order valence-corrected chi connectivity index (χ4v) is 3.48. The van der Waals surface area contributed by atoms with Crippen molar-refractivity contribution in [2.24, 2.45) is 0 Å². The monoisotopic (exact) mass is 287 g/mol. The average Bonchev–Trinajstić information content (AvgIpc) is 2.68. The number of nitrogen functional groups attached to an aromatic ring is 1. The highest BCUT2D eigenvalue weighted by molar-refractivity contribution is 7.15. The number of amides is 1. The van der Waals surface area contributed by atoms with Gasteiger partial charge < -0.3 is 5.73 Å². The number of hydrogen-bond donors (Lipinski definition) is 2. The number of aryl methyl sites for hydroxylation is 2. The molecule has 1 aliphatic rings. The summed E-state index contributed by atoms with van der Waals surface area (Å²) in [6.45, 7) is 0. The van der Waals surface area contributed by atoms with Gasteiger partial charge in [0.1, 0.15) is 0 Å². The SMILES string of the molecule is Nc1cccc(C(=O)Nc2nc3c(s2)CCCCC3)c1. The molecule has 1 aromatic heterocycles. The van der Waals surface area contributed by atoms with Crippen LogP contribution >= 0.6 is 11.3 Å². The van der Waals surface area contributed by atoms with E-state index >= 15 is 0 Å². The molecule has 3 N–H and O–H groups in total. The average molecular weight is 287 g/mol. The summed E-state index contributed by atoms with van der Waals surface area (Å²) in [5, 5.41) is 3.57. The summed E-state index contributed by atoms with van der Waals surface area (Å²) in [7, 11) is 0. The maximum absolute atomic E-state index is 12.1. The van der Waals surface area contributed by atoms with Crippen LogP contribution in [-0.4, -0.2) is 10.9 Å². The Hall–Kier alpha value is -1.88. The van der Waals surface area contributed by atoms with Gasteiger partial charge in [-0.1, -0.05) is 12.5 Å². The van der Waals surface area contributed by atoms with Gasteiger partial charge in [0, 0.05) is 16.1 Å². The highest BCUT2D eigenvalue weighted by Gasteiger charge is 2.16. The first kappa shape index (κ1) is 13.1. The van der Waals surface area contributed by atoms with Crippen molar-refractivity contribution in [3.05, 3.63) is 40.4 Å². The number of fused-ring (bicyclic) bond motifs is 1. The first-order valence-corrected chi connectivity index (χ1v) is 7.69. The molecular formula is C15H17N3OS. The Labute approximate surface area is 122 Å². The van der Waals surface area contributed by atoms with E-state index in [4.69, 9.17) is 5.73 Å². The largest absolute Gasteiger partial charge is 0.399 e. The van der Waals surface area contributed by atoms with Crippen LogP contribution in [0.3, 0.4) is 0 Å². The molecule has 0 fully saturated rings. The van der Waals surface area contributed by atoms with Crippen LogP contribution in [0.15, 0.2) is 24.3 Å². The molecule has 1 heterocycles. The summed E-state index contributed by atoms with van der Waals surface area (Å²) in [6.07, 6.45) is 5.80. The molecule has 104 valence electrons. The summed E-state index contributed by atoms with van der Waals surface area (Å²) in [4.78, 5) is 18.0. The lowest BCUT2D eigenvalue weighted by Gasteiger charge is -2.02. The lowest BCUT2D eigenvalue weighted by molar-refractivity contribution is 0.102. The molecule has 1 amide bonds. The Morgan fingerprint density at radius 1 is 1.25 bits per heavy atom. The molecule has 0 unspecified atom stereocenters. The number of thiazole rings is 1. The van der Waals surface area contributed by atoms with Crippen LogP contribution in [0.5, 0.6) is 0 Å². The predicted molar refractivity (Wildman–Crippen MR) is 82.2 cm³/mol. The second kappa shape index (κ2) is 5.63. The molecule has 0 atom stereocenters. The number of anilines is 2. The number of nitrogens with zero attached hydrogens (tertiary/aromatic N) is 1. The van der Waals surface area contributed by atoms with Gasteiger partial charge in [-0.25, -0.2) is 4.98 Å². The molecule has 0 aliphatic heterocycles.